The first kappa shape index (κ1) is 20.1. The van der Waals surface area contributed by atoms with Crippen molar-refractivity contribution >= 4 is 11.9 Å². The lowest BCUT2D eigenvalue weighted by Crippen LogP contribution is -2.37. The zero-order chi connectivity index (χ0) is 21.4. The van der Waals surface area contributed by atoms with Gasteiger partial charge in [0.25, 0.3) is 0 Å². The minimum Gasteiger partial charge on any atom is -0.454 e. The summed E-state index contributed by atoms with van der Waals surface area (Å²) in [5.74, 6) is 2.41. The molecule has 0 radical (unpaired) electrons. The molecule has 3 aliphatic rings. The van der Waals surface area contributed by atoms with E-state index in [9.17, 15) is 4.79 Å². The Morgan fingerprint density at radius 1 is 1.23 bits per heavy atom. The molecule has 2 aromatic rings. The van der Waals surface area contributed by atoms with Gasteiger partial charge in [-0.15, -0.1) is 0 Å². The average molecular weight is 423 g/mol. The SMILES string of the molecule is CC1(C)Cc2nc(N3CCCC3)ncc2[C@@H](NC(=O)CCc2ccc3c(c2)OCO3)C1. The van der Waals surface area contributed by atoms with Gasteiger partial charge in [0.05, 0.1) is 11.7 Å². The molecule has 0 saturated carbocycles. The van der Waals surface area contributed by atoms with Gasteiger partial charge in [0.15, 0.2) is 11.5 Å². The molecule has 164 valence electrons. The summed E-state index contributed by atoms with van der Waals surface area (Å²) in [5.41, 5.74) is 3.30. The predicted octanol–water partition coefficient (Wildman–Crippen LogP) is 3.57. The maximum atomic E-state index is 12.8. The van der Waals surface area contributed by atoms with E-state index in [1.807, 2.05) is 24.4 Å². The number of anilines is 1. The van der Waals surface area contributed by atoms with Crippen molar-refractivity contribution in [3.05, 3.63) is 41.2 Å². The van der Waals surface area contributed by atoms with Crippen LogP contribution in [0, 0.1) is 5.41 Å². The molecule has 1 N–H and O–H groups in total. The Bertz CT molecular complexity index is 985. The Labute approximate surface area is 183 Å². The van der Waals surface area contributed by atoms with Gasteiger partial charge in [-0.3, -0.25) is 4.79 Å². The number of carbonyl (C=O) groups excluding carboxylic acids is 1. The van der Waals surface area contributed by atoms with E-state index in [2.05, 4.69) is 29.0 Å². The maximum Gasteiger partial charge on any atom is 0.231 e. The zero-order valence-electron chi connectivity index (χ0n) is 18.3. The third-order valence-electron chi connectivity index (χ3n) is 6.47. The topological polar surface area (TPSA) is 76.6 Å². The molecule has 31 heavy (non-hydrogen) atoms. The highest BCUT2D eigenvalue weighted by molar-refractivity contribution is 5.77. The number of nitrogens with zero attached hydrogens (tertiary/aromatic N) is 3. The molecule has 2 aliphatic heterocycles. The molecule has 1 aliphatic carbocycles. The van der Waals surface area contributed by atoms with Gasteiger partial charge in [0, 0.05) is 31.3 Å². The molecule has 7 nitrogen and oxygen atoms in total. The van der Waals surface area contributed by atoms with Gasteiger partial charge in [-0.05, 0) is 55.2 Å². The van der Waals surface area contributed by atoms with Gasteiger partial charge in [0.1, 0.15) is 0 Å². The smallest absolute Gasteiger partial charge is 0.231 e. The van der Waals surface area contributed by atoms with Crippen molar-refractivity contribution in [2.75, 3.05) is 24.8 Å². The van der Waals surface area contributed by atoms with Crippen molar-refractivity contribution in [2.24, 2.45) is 5.41 Å². The molecule has 0 bridgehead atoms. The fourth-order valence-electron chi connectivity index (χ4n) is 4.86. The fourth-order valence-corrected chi connectivity index (χ4v) is 4.86. The zero-order valence-corrected chi connectivity index (χ0v) is 18.3. The number of carbonyl (C=O) groups is 1. The number of fused-ring (bicyclic) bond motifs is 2. The Hall–Kier alpha value is -2.83. The van der Waals surface area contributed by atoms with E-state index in [-0.39, 0.29) is 24.2 Å². The number of aryl methyl sites for hydroxylation is 1. The molecule has 3 heterocycles. The minimum atomic E-state index is -0.0457. The molecule has 1 fully saturated rings. The van der Waals surface area contributed by atoms with Crippen molar-refractivity contribution in [1.29, 1.82) is 0 Å². The Balaban J connectivity index is 1.27. The summed E-state index contributed by atoms with van der Waals surface area (Å²) in [7, 11) is 0. The highest BCUT2D eigenvalue weighted by Gasteiger charge is 2.35. The number of hydrogen-bond donors (Lipinski definition) is 1. The first-order valence-corrected chi connectivity index (χ1v) is 11.3. The number of nitrogens with one attached hydrogen (secondary N) is 1. The quantitative estimate of drug-likeness (QED) is 0.794. The van der Waals surface area contributed by atoms with Gasteiger partial charge < -0.3 is 19.7 Å². The molecular weight excluding hydrogens is 392 g/mol. The van der Waals surface area contributed by atoms with E-state index >= 15 is 0 Å². The Morgan fingerprint density at radius 3 is 2.87 bits per heavy atom. The number of rotatable bonds is 5. The average Bonchev–Trinajstić information content (AvgIpc) is 3.42. The van der Waals surface area contributed by atoms with Crippen LogP contribution in [0.4, 0.5) is 5.95 Å². The largest absolute Gasteiger partial charge is 0.454 e. The third kappa shape index (κ3) is 4.31. The second-order valence-electron chi connectivity index (χ2n) is 9.62. The van der Waals surface area contributed by atoms with Gasteiger partial charge in [0.2, 0.25) is 18.6 Å². The van der Waals surface area contributed by atoms with Crippen molar-refractivity contribution in [1.82, 2.24) is 15.3 Å². The molecule has 1 amide bonds. The van der Waals surface area contributed by atoms with Gasteiger partial charge in [-0.1, -0.05) is 19.9 Å². The van der Waals surface area contributed by atoms with Crippen LogP contribution in [0.25, 0.3) is 0 Å². The summed E-state index contributed by atoms with van der Waals surface area (Å²) in [4.78, 5) is 24.6. The molecule has 5 rings (SSSR count). The molecule has 7 heteroatoms. The van der Waals surface area contributed by atoms with Crippen LogP contribution in [-0.4, -0.2) is 35.8 Å². The lowest BCUT2D eigenvalue weighted by Gasteiger charge is -2.36. The highest BCUT2D eigenvalue weighted by atomic mass is 16.7. The lowest BCUT2D eigenvalue weighted by atomic mass is 9.74. The monoisotopic (exact) mass is 422 g/mol. The molecule has 1 saturated heterocycles. The number of benzene rings is 1. The Kier molecular flexibility index (Phi) is 5.20. The van der Waals surface area contributed by atoms with Crippen LogP contribution in [0.3, 0.4) is 0 Å². The summed E-state index contributed by atoms with van der Waals surface area (Å²) >= 11 is 0. The van der Waals surface area contributed by atoms with Crippen LogP contribution in [0.1, 0.15) is 62.4 Å². The first-order valence-electron chi connectivity index (χ1n) is 11.3. The number of hydrogen-bond acceptors (Lipinski definition) is 6. The van der Waals surface area contributed by atoms with E-state index in [1.165, 1.54) is 12.8 Å². The molecule has 0 unspecified atom stereocenters. The summed E-state index contributed by atoms with van der Waals surface area (Å²) in [6.07, 6.45) is 7.24. The van der Waals surface area contributed by atoms with Crippen molar-refractivity contribution in [3.8, 4) is 11.5 Å². The van der Waals surface area contributed by atoms with E-state index < -0.39 is 0 Å². The number of ether oxygens (including phenoxy) is 2. The van der Waals surface area contributed by atoms with E-state index in [0.29, 0.717) is 12.8 Å². The second kappa shape index (κ2) is 8.02. The van der Waals surface area contributed by atoms with Crippen LogP contribution < -0.4 is 19.7 Å². The van der Waals surface area contributed by atoms with Crippen LogP contribution in [0.15, 0.2) is 24.4 Å². The maximum absolute atomic E-state index is 12.8. The molecule has 1 aromatic heterocycles. The van der Waals surface area contributed by atoms with Crippen molar-refractivity contribution < 1.29 is 14.3 Å². The molecule has 1 atom stereocenters. The third-order valence-corrected chi connectivity index (χ3v) is 6.47. The van der Waals surface area contributed by atoms with Crippen molar-refractivity contribution in [2.45, 2.75) is 58.4 Å². The van der Waals surface area contributed by atoms with Crippen LogP contribution in [-0.2, 0) is 17.6 Å². The van der Waals surface area contributed by atoms with Crippen LogP contribution >= 0.6 is 0 Å². The lowest BCUT2D eigenvalue weighted by molar-refractivity contribution is -0.122. The van der Waals surface area contributed by atoms with Crippen LogP contribution in [0.2, 0.25) is 0 Å². The summed E-state index contributed by atoms with van der Waals surface area (Å²) in [6.45, 7) is 6.82. The van der Waals surface area contributed by atoms with E-state index in [0.717, 1.165) is 60.2 Å². The number of amides is 1. The first-order chi connectivity index (χ1) is 15.0. The molecule has 1 aromatic carbocycles. The second-order valence-corrected chi connectivity index (χ2v) is 9.62. The molecule has 0 spiro atoms. The normalized spacial score (nSPS) is 21.1. The minimum absolute atomic E-state index is 0.0457. The van der Waals surface area contributed by atoms with Gasteiger partial charge in [-0.2, -0.15) is 0 Å². The summed E-state index contributed by atoms with van der Waals surface area (Å²) < 4.78 is 10.8. The standard InChI is InChI=1S/C24H30N4O3/c1-24(2)12-18(17-14-25-23(27-19(17)13-24)28-9-3-4-10-28)26-22(29)8-6-16-5-7-20-21(11-16)31-15-30-20/h5,7,11,14,18H,3-4,6,8-10,12-13,15H2,1-2H3,(H,26,29)/t18-/m0/s1. The summed E-state index contributed by atoms with van der Waals surface area (Å²) in [5, 5.41) is 3.25. The van der Waals surface area contributed by atoms with Gasteiger partial charge >= 0.3 is 0 Å². The van der Waals surface area contributed by atoms with Gasteiger partial charge in [-0.25, -0.2) is 9.97 Å². The fraction of sp³-hybridized carbons (Fsp3) is 0.542. The highest BCUT2D eigenvalue weighted by Crippen LogP contribution is 2.40. The van der Waals surface area contributed by atoms with E-state index in [4.69, 9.17) is 14.5 Å². The molecular formula is C24H30N4O3. The van der Waals surface area contributed by atoms with E-state index in [1.54, 1.807) is 0 Å². The number of aromatic nitrogens is 2. The van der Waals surface area contributed by atoms with Crippen LogP contribution in [0.5, 0.6) is 11.5 Å². The predicted molar refractivity (Wildman–Crippen MR) is 117 cm³/mol. The van der Waals surface area contributed by atoms with Crippen molar-refractivity contribution in [3.63, 3.8) is 0 Å². The Morgan fingerprint density at radius 2 is 2.03 bits per heavy atom. The summed E-state index contributed by atoms with van der Waals surface area (Å²) in [6, 6.07) is 5.82.